The van der Waals surface area contributed by atoms with Crippen molar-refractivity contribution < 1.29 is 18.0 Å². The van der Waals surface area contributed by atoms with Crippen molar-refractivity contribution >= 4 is 17.4 Å². The molecule has 1 saturated heterocycles. The number of thiazole rings is 1. The third-order valence-corrected chi connectivity index (χ3v) is 5.24. The molecule has 1 aromatic carbocycles. The lowest BCUT2D eigenvalue weighted by atomic mass is 10.2. The number of rotatable bonds is 4. The van der Waals surface area contributed by atoms with Gasteiger partial charge in [-0.2, -0.15) is 18.2 Å². The molecule has 0 bridgehead atoms. The van der Waals surface area contributed by atoms with Gasteiger partial charge in [-0.05, 0) is 57.1 Å². The number of nitrogens with one attached hydrogen (secondary N) is 1. The summed E-state index contributed by atoms with van der Waals surface area (Å²) in [6.45, 7) is 5.29. The van der Waals surface area contributed by atoms with Crippen LogP contribution in [0.15, 0.2) is 35.5 Å². The van der Waals surface area contributed by atoms with Crippen molar-refractivity contribution in [3.05, 3.63) is 45.7 Å². The van der Waals surface area contributed by atoms with Crippen LogP contribution in [0.4, 0.5) is 18.0 Å². The van der Waals surface area contributed by atoms with Gasteiger partial charge in [0.05, 0.1) is 5.56 Å². The molecule has 2 heterocycles. The summed E-state index contributed by atoms with van der Waals surface area (Å²) in [7, 11) is 0. The minimum atomic E-state index is -4.38. The molecule has 0 saturated carbocycles. The van der Waals surface area contributed by atoms with E-state index in [0.717, 1.165) is 36.6 Å². The molecule has 1 aliphatic heterocycles. The van der Waals surface area contributed by atoms with E-state index in [0.29, 0.717) is 17.0 Å². The molecule has 1 fully saturated rings. The molecular formula is C18H21F3N4OS. The summed E-state index contributed by atoms with van der Waals surface area (Å²) in [5.74, 6) is 0. The molecule has 1 aromatic heterocycles. The zero-order valence-corrected chi connectivity index (χ0v) is 15.7. The van der Waals surface area contributed by atoms with Crippen molar-refractivity contribution in [2.75, 3.05) is 26.2 Å². The molecular weight excluding hydrogens is 377 g/mol. The molecule has 1 N–H and O–H groups in total. The van der Waals surface area contributed by atoms with Crippen molar-refractivity contribution in [1.29, 1.82) is 0 Å². The number of amides is 2. The Morgan fingerprint density at radius 1 is 1.22 bits per heavy atom. The van der Waals surface area contributed by atoms with Gasteiger partial charge in [0, 0.05) is 29.9 Å². The zero-order chi connectivity index (χ0) is 19.4. The van der Waals surface area contributed by atoms with Crippen molar-refractivity contribution in [3.63, 3.8) is 0 Å². The Kier molecular flexibility index (Phi) is 6.01. The molecule has 2 aromatic rings. The number of urea groups is 1. The number of carbonyl (C=O) groups is 1. The van der Waals surface area contributed by atoms with Gasteiger partial charge < -0.3 is 10.2 Å². The number of hydrogen-bond acceptors (Lipinski definition) is 3. The van der Waals surface area contributed by atoms with E-state index < -0.39 is 17.8 Å². The summed E-state index contributed by atoms with van der Waals surface area (Å²) >= 11 is 1.31. The van der Waals surface area contributed by atoms with Crippen molar-refractivity contribution in [3.8, 4) is 5.69 Å². The van der Waals surface area contributed by atoms with E-state index in [1.807, 2.05) is 6.92 Å². The molecule has 27 heavy (non-hydrogen) atoms. The van der Waals surface area contributed by atoms with Gasteiger partial charge >= 0.3 is 12.2 Å². The second kappa shape index (κ2) is 8.26. The Balaban J connectivity index is 1.72. The maximum absolute atomic E-state index is 12.7. The second-order valence-electron chi connectivity index (χ2n) is 6.43. The Bertz CT molecular complexity index is 849. The van der Waals surface area contributed by atoms with Gasteiger partial charge in [-0.25, -0.2) is 4.79 Å². The van der Waals surface area contributed by atoms with E-state index in [2.05, 4.69) is 15.2 Å². The van der Waals surface area contributed by atoms with E-state index in [-0.39, 0.29) is 0 Å². The van der Waals surface area contributed by atoms with Crippen molar-refractivity contribution in [2.24, 2.45) is 4.99 Å². The van der Waals surface area contributed by atoms with Gasteiger partial charge in [0.25, 0.3) is 0 Å². The first-order chi connectivity index (χ1) is 12.8. The zero-order valence-electron chi connectivity index (χ0n) is 14.9. The fraction of sp³-hybridized carbons (Fsp3) is 0.444. The quantitative estimate of drug-likeness (QED) is 0.856. The topological polar surface area (TPSA) is 49.6 Å². The number of hydrogen-bond donors (Lipinski definition) is 1. The molecule has 0 aliphatic carbocycles. The van der Waals surface area contributed by atoms with Crippen LogP contribution in [0.1, 0.15) is 23.3 Å². The maximum Gasteiger partial charge on any atom is 0.416 e. The van der Waals surface area contributed by atoms with Crippen LogP contribution in [-0.4, -0.2) is 41.7 Å². The molecule has 0 spiro atoms. The van der Waals surface area contributed by atoms with Crippen LogP contribution >= 0.6 is 11.3 Å². The summed E-state index contributed by atoms with van der Waals surface area (Å²) in [6.07, 6.45) is -0.236. The predicted molar refractivity (Wildman–Crippen MR) is 98.0 cm³/mol. The summed E-state index contributed by atoms with van der Waals surface area (Å²) in [5, 5.41) is 2.77. The number of alkyl halides is 3. The molecule has 0 unspecified atom stereocenters. The molecule has 1 aliphatic rings. The van der Waals surface area contributed by atoms with Gasteiger partial charge in [0.1, 0.15) is 0 Å². The molecule has 3 rings (SSSR count). The van der Waals surface area contributed by atoms with Crippen LogP contribution in [0.3, 0.4) is 0 Å². The first-order valence-corrected chi connectivity index (χ1v) is 9.56. The molecule has 0 radical (unpaired) electrons. The number of nitrogens with zero attached hydrogens (tertiary/aromatic N) is 3. The van der Waals surface area contributed by atoms with Crippen LogP contribution in [-0.2, 0) is 6.18 Å². The lowest BCUT2D eigenvalue weighted by Crippen LogP contribution is -2.33. The number of halogens is 3. The summed E-state index contributed by atoms with van der Waals surface area (Å²) in [4.78, 5) is 19.8. The average molecular weight is 398 g/mol. The summed E-state index contributed by atoms with van der Waals surface area (Å²) in [6, 6.07) is 4.35. The fourth-order valence-electron chi connectivity index (χ4n) is 2.98. The predicted octanol–water partition coefficient (Wildman–Crippen LogP) is 3.57. The van der Waals surface area contributed by atoms with Crippen LogP contribution in [0.5, 0.6) is 0 Å². The van der Waals surface area contributed by atoms with Crippen molar-refractivity contribution in [2.45, 2.75) is 25.9 Å². The van der Waals surface area contributed by atoms with Crippen molar-refractivity contribution in [1.82, 2.24) is 14.8 Å². The number of aromatic nitrogens is 1. The Morgan fingerprint density at radius 2 is 1.89 bits per heavy atom. The fourth-order valence-corrected chi connectivity index (χ4v) is 3.81. The summed E-state index contributed by atoms with van der Waals surface area (Å²) in [5.41, 5.74) is -0.187. The number of aryl methyl sites for hydroxylation is 1. The van der Waals surface area contributed by atoms with Gasteiger partial charge in [-0.3, -0.25) is 4.57 Å². The lowest BCUT2D eigenvalue weighted by molar-refractivity contribution is -0.137. The minimum Gasteiger partial charge on any atom is -0.335 e. The average Bonchev–Trinajstić information content (AvgIpc) is 3.24. The largest absolute Gasteiger partial charge is 0.416 e. The van der Waals surface area contributed by atoms with Gasteiger partial charge in [0.15, 0.2) is 4.80 Å². The normalized spacial score (nSPS) is 16.1. The summed E-state index contributed by atoms with van der Waals surface area (Å²) < 4.78 is 39.8. The number of likely N-dealkylation sites (tertiary alicyclic amines) is 1. The first kappa shape index (κ1) is 19.6. The first-order valence-electron chi connectivity index (χ1n) is 8.74. The van der Waals surface area contributed by atoms with E-state index in [4.69, 9.17) is 0 Å². The van der Waals surface area contributed by atoms with Crippen LogP contribution in [0.2, 0.25) is 0 Å². The Hall–Kier alpha value is -2.13. The second-order valence-corrected chi connectivity index (χ2v) is 7.64. The van der Waals surface area contributed by atoms with Crippen LogP contribution in [0.25, 0.3) is 5.69 Å². The molecule has 9 heteroatoms. The Labute approximate surface area is 159 Å². The standard InChI is InChI=1S/C18H21F3N4OS/c1-13-12-25(15-6-4-14(5-7-15)18(19,20)21)17(27-13)23-16(26)22-8-11-24-9-2-3-10-24/h4-7,12H,2-3,8-11H2,1H3,(H,22,26)/b23-17-. The molecule has 0 atom stereocenters. The van der Waals surface area contributed by atoms with Gasteiger partial charge in [-0.15, -0.1) is 11.3 Å². The smallest absolute Gasteiger partial charge is 0.335 e. The number of carbonyl (C=O) groups excluding carboxylic acids is 1. The van der Waals surface area contributed by atoms with E-state index in [1.54, 1.807) is 10.8 Å². The van der Waals surface area contributed by atoms with Crippen LogP contribution in [0, 0.1) is 6.92 Å². The molecule has 5 nitrogen and oxygen atoms in total. The van der Waals surface area contributed by atoms with Gasteiger partial charge in [0.2, 0.25) is 0 Å². The SMILES string of the molecule is Cc1cn(-c2ccc(C(F)(F)F)cc2)/c(=N/C(=O)NCCN2CCCC2)s1. The van der Waals surface area contributed by atoms with Crippen LogP contribution < -0.4 is 10.1 Å². The van der Waals surface area contributed by atoms with E-state index in [1.165, 1.54) is 36.3 Å². The molecule has 2 amide bonds. The number of benzene rings is 1. The highest BCUT2D eigenvalue weighted by molar-refractivity contribution is 7.09. The Morgan fingerprint density at radius 3 is 2.52 bits per heavy atom. The highest BCUT2D eigenvalue weighted by Crippen LogP contribution is 2.29. The highest BCUT2D eigenvalue weighted by Gasteiger charge is 2.30. The highest BCUT2D eigenvalue weighted by atomic mass is 32.1. The lowest BCUT2D eigenvalue weighted by Gasteiger charge is -2.13. The molecule has 146 valence electrons. The minimum absolute atomic E-state index is 0.422. The van der Waals surface area contributed by atoms with E-state index in [9.17, 15) is 18.0 Å². The third kappa shape index (κ3) is 5.20. The third-order valence-electron chi connectivity index (χ3n) is 4.34. The van der Waals surface area contributed by atoms with Gasteiger partial charge in [-0.1, -0.05) is 0 Å². The monoisotopic (exact) mass is 398 g/mol. The maximum atomic E-state index is 12.7. The van der Waals surface area contributed by atoms with E-state index >= 15 is 0 Å².